The fourth-order valence-corrected chi connectivity index (χ4v) is 3.64. The Balaban J connectivity index is 0.00000320. The molecule has 0 amide bonds. The van der Waals surface area contributed by atoms with Crippen molar-refractivity contribution in [3.8, 4) is 5.69 Å². The van der Waals surface area contributed by atoms with Crippen LogP contribution in [0.2, 0.25) is 0 Å². The Bertz CT molecular complexity index is 926. The third-order valence-electron chi connectivity index (χ3n) is 4.43. The maximum Gasteiger partial charge on any atom is 0.194 e. The van der Waals surface area contributed by atoms with Crippen LogP contribution in [-0.2, 0) is 17.8 Å². The fraction of sp³-hybridized carbons (Fsp3) is 0.381. The van der Waals surface area contributed by atoms with Crippen LogP contribution in [-0.4, -0.2) is 46.3 Å². The molecule has 7 nitrogen and oxygen atoms in total. The molecule has 1 aromatic carbocycles. The first-order valence-electron chi connectivity index (χ1n) is 9.66. The highest BCUT2D eigenvalue weighted by Gasteiger charge is 2.13. The summed E-state index contributed by atoms with van der Waals surface area (Å²) in [6.45, 7) is 6.12. The highest BCUT2D eigenvalue weighted by Crippen LogP contribution is 2.21. The molecule has 0 aliphatic rings. The first kappa shape index (κ1) is 24.3. The molecular weight excluding hydrogens is 511 g/mol. The second-order valence-electron chi connectivity index (χ2n) is 6.71. The van der Waals surface area contributed by atoms with Crippen molar-refractivity contribution in [1.82, 2.24) is 25.0 Å². The van der Waals surface area contributed by atoms with E-state index in [1.165, 1.54) is 0 Å². The number of aliphatic imine (C=N–C) groups is 1. The van der Waals surface area contributed by atoms with Gasteiger partial charge in [0.25, 0.3) is 0 Å². The molecule has 1 atom stereocenters. The Hall–Kier alpha value is -1.98. The van der Waals surface area contributed by atoms with E-state index in [0.29, 0.717) is 13.1 Å². The molecule has 1 N–H and O–H groups in total. The predicted octanol–water partition coefficient (Wildman–Crippen LogP) is 4.25. The molecule has 9 heteroatoms. The maximum absolute atomic E-state index is 5.35. The second kappa shape index (κ2) is 12.0. The molecule has 30 heavy (non-hydrogen) atoms. The Morgan fingerprint density at radius 3 is 2.80 bits per heavy atom. The predicted molar refractivity (Wildman–Crippen MR) is 133 cm³/mol. The molecule has 2 aromatic heterocycles. The lowest BCUT2D eigenvalue weighted by atomic mass is 10.3. The summed E-state index contributed by atoms with van der Waals surface area (Å²) in [5, 5.41) is 10.9. The zero-order valence-electron chi connectivity index (χ0n) is 17.8. The van der Waals surface area contributed by atoms with E-state index in [-0.39, 0.29) is 30.1 Å². The molecule has 3 rings (SSSR count). The number of hydrogen-bond donors (Lipinski definition) is 1. The van der Waals surface area contributed by atoms with Crippen molar-refractivity contribution in [3.05, 3.63) is 64.4 Å². The Kier molecular flexibility index (Phi) is 9.73. The number of benzene rings is 1. The molecule has 3 aromatic rings. The Morgan fingerprint density at radius 1 is 1.33 bits per heavy atom. The standard InChI is InChI=1S/C21H28N6OS.HI/c1-5-22-21(26(3)14-18-15-29-20(25-18)16(2)28-4)23-11-17-12-24-27(13-17)19-9-7-6-8-10-19;/h6-10,12-13,15-16H,5,11,14H2,1-4H3,(H,22,23);1H. The lowest BCUT2D eigenvalue weighted by Crippen LogP contribution is -2.38. The van der Waals surface area contributed by atoms with E-state index >= 15 is 0 Å². The highest BCUT2D eigenvalue weighted by atomic mass is 127. The molecule has 0 saturated heterocycles. The van der Waals surface area contributed by atoms with E-state index in [0.717, 1.165) is 34.5 Å². The molecule has 0 bridgehead atoms. The maximum atomic E-state index is 5.35. The summed E-state index contributed by atoms with van der Waals surface area (Å²) in [6.07, 6.45) is 3.89. The number of rotatable bonds is 8. The van der Waals surface area contributed by atoms with Crippen LogP contribution >= 0.6 is 35.3 Å². The molecule has 0 fully saturated rings. The van der Waals surface area contributed by atoms with Gasteiger partial charge in [-0.3, -0.25) is 0 Å². The molecule has 162 valence electrons. The van der Waals surface area contributed by atoms with Gasteiger partial charge in [0.2, 0.25) is 0 Å². The lowest BCUT2D eigenvalue weighted by Gasteiger charge is -2.21. The average molecular weight is 540 g/mol. The first-order valence-corrected chi connectivity index (χ1v) is 10.5. The minimum absolute atomic E-state index is 0. The smallest absolute Gasteiger partial charge is 0.194 e. The first-order chi connectivity index (χ1) is 14.1. The summed E-state index contributed by atoms with van der Waals surface area (Å²) < 4.78 is 7.22. The zero-order valence-corrected chi connectivity index (χ0v) is 20.9. The van der Waals surface area contributed by atoms with Gasteiger partial charge < -0.3 is 15.0 Å². The van der Waals surface area contributed by atoms with Crippen molar-refractivity contribution in [2.24, 2.45) is 4.99 Å². The van der Waals surface area contributed by atoms with Crippen LogP contribution in [0.3, 0.4) is 0 Å². The van der Waals surface area contributed by atoms with E-state index in [9.17, 15) is 0 Å². The molecule has 0 saturated carbocycles. The van der Waals surface area contributed by atoms with Gasteiger partial charge in [-0.25, -0.2) is 14.7 Å². The summed E-state index contributed by atoms with van der Waals surface area (Å²) in [5.41, 5.74) is 3.11. The van der Waals surface area contributed by atoms with Gasteiger partial charge in [-0.1, -0.05) is 18.2 Å². The van der Waals surface area contributed by atoms with Crippen LogP contribution in [0.25, 0.3) is 5.69 Å². The number of aromatic nitrogens is 3. The topological polar surface area (TPSA) is 67.6 Å². The summed E-state index contributed by atoms with van der Waals surface area (Å²) in [7, 11) is 3.72. The third-order valence-corrected chi connectivity index (χ3v) is 5.49. The van der Waals surface area contributed by atoms with Gasteiger partial charge in [-0.2, -0.15) is 5.10 Å². The highest BCUT2D eigenvalue weighted by molar-refractivity contribution is 14.0. The summed E-state index contributed by atoms with van der Waals surface area (Å²) >= 11 is 1.63. The second-order valence-corrected chi connectivity index (χ2v) is 7.60. The normalized spacial score (nSPS) is 12.3. The number of nitrogens with zero attached hydrogens (tertiary/aromatic N) is 5. The molecule has 2 heterocycles. The van der Waals surface area contributed by atoms with Gasteiger partial charge in [-0.05, 0) is 26.0 Å². The summed E-state index contributed by atoms with van der Waals surface area (Å²) in [4.78, 5) is 11.5. The fourth-order valence-electron chi connectivity index (χ4n) is 2.80. The van der Waals surface area contributed by atoms with E-state index in [1.807, 2.05) is 61.4 Å². The number of nitrogens with one attached hydrogen (secondary N) is 1. The lowest BCUT2D eigenvalue weighted by molar-refractivity contribution is 0.119. The van der Waals surface area contributed by atoms with Gasteiger partial charge in [0.15, 0.2) is 5.96 Å². The number of hydrogen-bond acceptors (Lipinski definition) is 5. The summed E-state index contributed by atoms with van der Waals surface area (Å²) in [5.74, 6) is 0.842. The van der Waals surface area contributed by atoms with Crippen molar-refractivity contribution < 1.29 is 4.74 Å². The van der Waals surface area contributed by atoms with E-state index in [4.69, 9.17) is 9.73 Å². The minimum Gasteiger partial charge on any atom is -0.375 e. The molecule has 0 aliphatic heterocycles. The monoisotopic (exact) mass is 540 g/mol. The molecular formula is C21H29IN6OS. The van der Waals surface area contributed by atoms with Gasteiger partial charge in [0.05, 0.1) is 30.7 Å². The quantitative estimate of drug-likeness (QED) is 0.263. The van der Waals surface area contributed by atoms with Crippen LogP contribution in [0.15, 0.2) is 53.1 Å². The van der Waals surface area contributed by atoms with E-state index in [1.54, 1.807) is 18.4 Å². The SMILES string of the molecule is CCNC(=NCc1cnn(-c2ccccc2)c1)N(C)Cc1csc(C(C)OC)n1.I. The third kappa shape index (κ3) is 6.51. The van der Waals surface area contributed by atoms with Crippen LogP contribution in [0.1, 0.15) is 36.2 Å². The van der Waals surface area contributed by atoms with E-state index in [2.05, 4.69) is 32.6 Å². The van der Waals surface area contributed by atoms with Gasteiger partial charge >= 0.3 is 0 Å². The van der Waals surface area contributed by atoms with E-state index < -0.39 is 0 Å². The van der Waals surface area contributed by atoms with Gasteiger partial charge in [-0.15, -0.1) is 35.3 Å². The van der Waals surface area contributed by atoms with Crippen LogP contribution in [0.5, 0.6) is 0 Å². The average Bonchev–Trinajstić information content (AvgIpc) is 3.41. The van der Waals surface area contributed by atoms with Gasteiger partial charge in [0, 0.05) is 37.8 Å². The van der Waals surface area contributed by atoms with Crippen LogP contribution in [0, 0.1) is 0 Å². The van der Waals surface area contributed by atoms with Crippen LogP contribution < -0.4 is 5.32 Å². The number of guanidine groups is 1. The zero-order chi connectivity index (χ0) is 20.6. The van der Waals surface area contributed by atoms with Crippen molar-refractivity contribution in [3.63, 3.8) is 0 Å². The number of para-hydroxylation sites is 1. The number of methoxy groups -OCH3 is 1. The minimum atomic E-state index is 0. The summed E-state index contributed by atoms with van der Waals surface area (Å²) in [6, 6.07) is 10.1. The molecule has 0 radical (unpaired) electrons. The Labute approximate surface area is 199 Å². The number of ether oxygens (including phenoxy) is 1. The number of halogens is 1. The van der Waals surface area contributed by atoms with Crippen LogP contribution in [0.4, 0.5) is 0 Å². The van der Waals surface area contributed by atoms with Gasteiger partial charge in [0.1, 0.15) is 11.1 Å². The number of thiazole rings is 1. The van der Waals surface area contributed by atoms with Crippen molar-refractivity contribution >= 4 is 41.3 Å². The van der Waals surface area contributed by atoms with Crippen molar-refractivity contribution in [2.45, 2.75) is 33.0 Å². The molecule has 0 aliphatic carbocycles. The molecule has 1 unspecified atom stereocenters. The largest absolute Gasteiger partial charge is 0.375 e. The Morgan fingerprint density at radius 2 is 2.10 bits per heavy atom. The van der Waals surface area contributed by atoms with Crippen molar-refractivity contribution in [1.29, 1.82) is 0 Å². The molecule has 0 spiro atoms. The van der Waals surface area contributed by atoms with Crippen molar-refractivity contribution in [2.75, 3.05) is 20.7 Å².